The van der Waals surface area contributed by atoms with E-state index in [0.717, 1.165) is 45.9 Å². The SMILES string of the molecule is CCCCCCCCCCCCc1ccc(-c2c(-c3ccc(CCCCCCCCCCCC)cc3)c(-c3ccccc3)c(-c3cccc4c3oc3ccccc34)c(-c3cc[c-]c(C4[CH-]N(C)c5cc6c(cc54)C(C)(C)CCC6(C)C)c3)c2-c2ccccc2)cc1.[Ir]. The molecule has 0 bridgehead atoms. The normalized spacial score (nSPS) is 14.8. The maximum absolute atomic E-state index is 7.24. The summed E-state index contributed by atoms with van der Waals surface area (Å²) in [5.74, 6) is 0.0165. The molecule has 10 aromatic rings. The van der Waals surface area contributed by atoms with E-state index < -0.39 is 0 Å². The number of para-hydroxylation sites is 2. The predicted octanol–water partition coefficient (Wildman–Crippen LogP) is 26.4. The molecule has 479 valence electrons. The van der Waals surface area contributed by atoms with Crippen LogP contribution in [0.4, 0.5) is 5.69 Å². The number of hydrogen-bond donors (Lipinski definition) is 0. The minimum Gasteiger partial charge on any atom is -0.524 e. The molecule has 1 aliphatic heterocycles. The maximum Gasteiger partial charge on any atom is 0.143 e. The molecule has 1 radical (unpaired) electrons. The fraction of sp³-hybridized carbons (Fsp3) is 0.382. The molecule has 0 N–H and O–H groups in total. The Bertz CT molecular complexity index is 4010. The van der Waals surface area contributed by atoms with Gasteiger partial charge in [-0.05, 0) is 146 Å². The van der Waals surface area contributed by atoms with Crippen LogP contribution in [0.25, 0.3) is 88.7 Å². The van der Waals surface area contributed by atoms with Gasteiger partial charge in [0.2, 0.25) is 0 Å². The molecule has 2 aliphatic rings. The van der Waals surface area contributed by atoms with Crippen LogP contribution in [-0.2, 0) is 43.8 Å². The maximum atomic E-state index is 7.24. The van der Waals surface area contributed by atoms with E-state index in [0.29, 0.717) is 0 Å². The number of benzene rings is 9. The van der Waals surface area contributed by atoms with Gasteiger partial charge in [-0.15, -0.1) is 11.5 Å². The van der Waals surface area contributed by atoms with E-state index >= 15 is 0 Å². The third-order valence-electron chi connectivity index (χ3n) is 21.0. The number of likely N-dealkylation sites (N-methyl/N-ethyl adjacent to an activating group) is 1. The number of hydrogen-bond acceptors (Lipinski definition) is 2. The zero-order chi connectivity index (χ0) is 62.7. The molecule has 1 aliphatic carbocycles. The molecule has 1 aromatic heterocycles. The smallest absolute Gasteiger partial charge is 0.143 e. The van der Waals surface area contributed by atoms with Gasteiger partial charge in [0.15, 0.2) is 0 Å². The Morgan fingerprint density at radius 1 is 0.435 bits per heavy atom. The summed E-state index contributed by atoms with van der Waals surface area (Å²) in [4.78, 5) is 2.39. The topological polar surface area (TPSA) is 16.4 Å². The van der Waals surface area contributed by atoms with Crippen molar-refractivity contribution in [3.63, 3.8) is 0 Å². The Morgan fingerprint density at radius 3 is 1.39 bits per heavy atom. The van der Waals surface area contributed by atoms with Gasteiger partial charge in [-0.3, -0.25) is 0 Å². The van der Waals surface area contributed by atoms with Crippen LogP contribution in [0.3, 0.4) is 0 Å². The van der Waals surface area contributed by atoms with Crippen molar-refractivity contribution < 1.29 is 24.5 Å². The Labute approximate surface area is 567 Å². The quantitative estimate of drug-likeness (QED) is 0.0343. The van der Waals surface area contributed by atoms with Gasteiger partial charge in [-0.2, -0.15) is 29.8 Å². The summed E-state index contributed by atoms with van der Waals surface area (Å²) in [5.41, 5.74) is 26.0. The van der Waals surface area contributed by atoms with E-state index in [9.17, 15) is 0 Å². The van der Waals surface area contributed by atoms with Crippen LogP contribution in [-0.4, -0.2) is 7.05 Å². The largest absolute Gasteiger partial charge is 0.524 e. The zero-order valence-corrected chi connectivity index (χ0v) is 59.0. The van der Waals surface area contributed by atoms with Gasteiger partial charge in [-0.25, -0.2) is 6.54 Å². The zero-order valence-electron chi connectivity index (χ0n) is 56.6. The average Bonchev–Trinajstić information content (AvgIpc) is 1.01. The van der Waals surface area contributed by atoms with Crippen molar-refractivity contribution in [3.05, 3.63) is 228 Å². The molecule has 3 heteroatoms. The minimum atomic E-state index is 0. The first-order valence-electron chi connectivity index (χ1n) is 35.8. The number of fused-ring (bicyclic) bond motifs is 5. The standard InChI is InChI=1S/C89H101NO.Ir/c1-8-10-12-14-16-18-20-22-24-28-38-64-50-54-68(55-51-64)82-81(66-40-30-26-31-41-66)85(71-45-36-44-70(60-71)76-63-90(7)79-62-78-77(61-75(76)79)88(3,4)58-59-89(78,5)6)86(74-48-37-47-73-72-46-34-35-49-80(72)91-87(73)74)84(67-42-32-27-33-43-67)83(82)69-56-52-65(53-57-69)39-29-25-23-21-19-17-15-13-11-9-2;/h26-27,30-37,40-43,45-57,60-63,76H,8-25,28-29,38-39,58-59H2,1-7H3;/q-2;. The summed E-state index contributed by atoms with van der Waals surface area (Å²) in [6.07, 6.45) is 31.4. The molecule has 0 saturated carbocycles. The van der Waals surface area contributed by atoms with E-state index in [1.807, 2.05) is 0 Å². The van der Waals surface area contributed by atoms with Gasteiger partial charge in [0.1, 0.15) is 11.2 Å². The first-order valence-corrected chi connectivity index (χ1v) is 35.8. The number of aryl methyl sites for hydroxylation is 2. The molecular formula is C89H101IrNO-2. The monoisotopic (exact) mass is 1390 g/mol. The summed E-state index contributed by atoms with van der Waals surface area (Å²) in [7, 11) is 2.25. The summed E-state index contributed by atoms with van der Waals surface area (Å²) < 4.78 is 7.24. The second kappa shape index (κ2) is 31.0. The number of rotatable bonds is 29. The molecule has 1 unspecified atom stereocenters. The molecule has 12 rings (SSSR count). The fourth-order valence-corrected chi connectivity index (χ4v) is 15.6. The third kappa shape index (κ3) is 14.8. The Kier molecular flexibility index (Phi) is 22.5. The van der Waals surface area contributed by atoms with Gasteiger partial charge in [0, 0.05) is 47.7 Å². The van der Waals surface area contributed by atoms with E-state index in [4.69, 9.17) is 4.42 Å². The molecule has 0 amide bonds. The van der Waals surface area contributed by atoms with Crippen molar-refractivity contribution >= 4 is 27.6 Å². The van der Waals surface area contributed by atoms with Gasteiger partial charge < -0.3 is 9.32 Å². The van der Waals surface area contributed by atoms with Crippen LogP contribution >= 0.6 is 0 Å². The molecule has 0 saturated heterocycles. The van der Waals surface area contributed by atoms with Crippen LogP contribution in [0.2, 0.25) is 0 Å². The van der Waals surface area contributed by atoms with E-state index in [1.165, 1.54) is 236 Å². The summed E-state index contributed by atoms with van der Waals surface area (Å²) in [5, 5.41) is 2.25. The number of nitrogens with zero attached hydrogens (tertiary/aromatic N) is 1. The van der Waals surface area contributed by atoms with Crippen LogP contribution in [0, 0.1) is 12.6 Å². The van der Waals surface area contributed by atoms with Crippen molar-refractivity contribution in [1.82, 2.24) is 0 Å². The van der Waals surface area contributed by atoms with Crippen molar-refractivity contribution in [1.29, 1.82) is 0 Å². The first-order chi connectivity index (χ1) is 44.5. The number of furan rings is 1. The molecule has 1 atom stereocenters. The second-order valence-electron chi connectivity index (χ2n) is 28.5. The summed E-state index contributed by atoms with van der Waals surface area (Å²) in [6, 6.07) is 73.8. The van der Waals surface area contributed by atoms with Crippen molar-refractivity contribution in [3.8, 4) is 66.8 Å². The molecule has 0 fully saturated rings. The van der Waals surface area contributed by atoms with Crippen molar-refractivity contribution in [2.75, 3.05) is 11.9 Å². The molecule has 0 spiro atoms. The molecule has 9 aromatic carbocycles. The predicted molar refractivity (Wildman–Crippen MR) is 393 cm³/mol. The molecule has 2 nitrogen and oxygen atoms in total. The van der Waals surface area contributed by atoms with E-state index in [2.05, 4.69) is 248 Å². The van der Waals surface area contributed by atoms with Crippen LogP contribution in [0.15, 0.2) is 186 Å². The minimum absolute atomic E-state index is 0. The Morgan fingerprint density at radius 2 is 0.870 bits per heavy atom. The van der Waals surface area contributed by atoms with E-state index in [-0.39, 0.29) is 36.9 Å². The third-order valence-corrected chi connectivity index (χ3v) is 21.0. The van der Waals surface area contributed by atoms with Crippen LogP contribution < -0.4 is 4.90 Å². The summed E-state index contributed by atoms with van der Waals surface area (Å²) >= 11 is 0. The average molecular weight is 1390 g/mol. The second-order valence-corrected chi connectivity index (χ2v) is 28.5. The molecule has 92 heavy (non-hydrogen) atoms. The Hall–Kier alpha value is -6.77. The van der Waals surface area contributed by atoms with Crippen molar-refractivity contribution in [2.24, 2.45) is 0 Å². The van der Waals surface area contributed by atoms with Gasteiger partial charge >= 0.3 is 0 Å². The Balaban J connectivity index is 0.00000867. The number of unbranched alkanes of at least 4 members (excludes halogenated alkanes) is 18. The van der Waals surface area contributed by atoms with E-state index in [1.54, 1.807) is 0 Å². The number of anilines is 1. The van der Waals surface area contributed by atoms with Crippen LogP contribution in [0.1, 0.15) is 222 Å². The van der Waals surface area contributed by atoms with Gasteiger partial charge in [-0.1, -0.05) is 309 Å². The van der Waals surface area contributed by atoms with Crippen molar-refractivity contribution in [2.45, 2.75) is 212 Å². The van der Waals surface area contributed by atoms with Gasteiger partial charge in [0.25, 0.3) is 0 Å². The molecular weight excluding hydrogens is 1290 g/mol. The molecule has 2 heterocycles. The van der Waals surface area contributed by atoms with Gasteiger partial charge in [0.05, 0.1) is 0 Å². The van der Waals surface area contributed by atoms with Crippen LogP contribution in [0.5, 0.6) is 0 Å². The fourth-order valence-electron chi connectivity index (χ4n) is 15.6. The summed E-state index contributed by atoms with van der Waals surface area (Å²) in [6.45, 7) is 16.9. The first kappa shape index (κ1) is 66.7.